The minimum atomic E-state index is -0.638. The van der Waals surface area contributed by atoms with Crippen LogP contribution in [0.15, 0.2) is 41.3 Å². The standard InChI is InChI=1S/C19H21ClN2O4S/c1-12-3-5-14(6-4-12)27-8-7-22-19(24)13-9-15(20)18(16(10-13)25-2)26-11-17(21)23/h3-6,9-10H,7-8,11H2,1-2H3,(H2,21,23)(H,22,24). The fraction of sp³-hybridized carbons (Fsp3) is 0.263. The van der Waals surface area contributed by atoms with Crippen LogP contribution in [0.4, 0.5) is 0 Å². The van der Waals surface area contributed by atoms with Gasteiger partial charge in [0.2, 0.25) is 0 Å². The van der Waals surface area contributed by atoms with Gasteiger partial charge in [-0.25, -0.2) is 0 Å². The molecule has 0 radical (unpaired) electrons. The molecule has 6 nitrogen and oxygen atoms in total. The van der Waals surface area contributed by atoms with Crippen molar-refractivity contribution in [2.45, 2.75) is 11.8 Å². The first kappa shape index (κ1) is 20.9. The quantitative estimate of drug-likeness (QED) is 0.491. The van der Waals surface area contributed by atoms with Gasteiger partial charge in [-0.15, -0.1) is 11.8 Å². The van der Waals surface area contributed by atoms with E-state index in [0.29, 0.717) is 12.1 Å². The number of rotatable bonds is 9. The molecular weight excluding hydrogens is 388 g/mol. The Morgan fingerprint density at radius 2 is 1.93 bits per heavy atom. The molecule has 0 aromatic heterocycles. The topological polar surface area (TPSA) is 90.7 Å². The monoisotopic (exact) mass is 408 g/mol. The summed E-state index contributed by atoms with van der Waals surface area (Å²) in [6, 6.07) is 11.2. The molecule has 0 fully saturated rings. The predicted molar refractivity (Wildman–Crippen MR) is 107 cm³/mol. The molecule has 0 spiro atoms. The SMILES string of the molecule is COc1cc(C(=O)NCCSc2ccc(C)cc2)cc(Cl)c1OCC(N)=O. The second-order valence-corrected chi connectivity index (χ2v) is 7.24. The van der Waals surface area contributed by atoms with Gasteiger partial charge in [0, 0.05) is 22.8 Å². The van der Waals surface area contributed by atoms with Gasteiger partial charge < -0.3 is 20.5 Å². The summed E-state index contributed by atoms with van der Waals surface area (Å²) in [7, 11) is 1.42. The number of ether oxygens (including phenoxy) is 2. The van der Waals surface area contributed by atoms with Gasteiger partial charge in [-0.3, -0.25) is 9.59 Å². The zero-order valence-electron chi connectivity index (χ0n) is 15.1. The van der Waals surface area contributed by atoms with Crippen LogP contribution in [0.25, 0.3) is 0 Å². The van der Waals surface area contributed by atoms with Gasteiger partial charge in [0.15, 0.2) is 18.1 Å². The van der Waals surface area contributed by atoms with Gasteiger partial charge in [-0.1, -0.05) is 29.3 Å². The average Bonchev–Trinajstić information content (AvgIpc) is 2.64. The van der Waals surface area contributed by atoms with Crippen molar-refractivity contribution < 1.29 is 19.1 Å². The van der Waals surface area contributed by atoms with Crippen LogP contribution in [0.5, 0.6) is 11.5 Å². The maximum atomic E-state index is 12.3. The maximum absolute atomic E-state index is 12.3. The molecule has 0 aliphatic heterocycles. The second kappa shape index (κ2) is 10.1. The number of hydrogen-bond acceptors (Lipinski definition) is 5. The van der Waals surface area contributed by atoms with E-state index in [4.69, 9.17) is 26.8 Å². The van der Waals surface area contributed by atoms with E-state index < -0.39 is 5.91 Å². The van der Waals surface area contributed by atoms with E-state index in [1.54, 1.807) is 11.8 Å². The number of hydrogen-bond donors (Lipinski definition) is 2. The summed E-state index contributed by atoms with van der Waals surface area (Å²) in [4.78, 5) is 24.4. The highest BCUT2D eigenvalue weighted by atomic mass is 35.5. The lowest BCUT2D eigenvalue weighted by Crippen LogP contribution is -2.26. The Kier molecular flexibility index (Phi) is 7.82. The Morgan fingerprint density at radius 1 is 1.22 bits per heavy atom. The van der Waals surface area contributed by atoms with Gasteiger partial charge in [-0.05, 0) is 31.2 Å². The summed E-state index contributed by atoms with van der Waals surface area (Å²) in [5, 5.41) is 3.00. The number of nitrogens with one attached hydrogen (secondary N) is 1. The molecule has 3 N–H and O–H groups in total. The molecule has 0 bridgehead atoms. The Morgan fingerprint density at radius 3 is 2.56 bits per heavy atom. The number of methoxy groups -OCH3 is 1. The number of benzene rings is 2. The third kappa shape index (κ3) is 6.37. The van der Waals surface area contributed by atoms with Crippen molar-refractivity contribution in [3.8, 4) is 11.5 Å². The molecular formula is C19H21ClN2O4S. The first-order valence-electron chi connectivity index (χ1n) is 8.17. The summed E-state index contributed by atoms with van der Waals surface area (Å²) >= 11 is 7.81. The fourth-order valence-corrected chi connectivity index (χ4v) is 3.24. The third-order valence-electron chi connectivity index (χ3n) is 3.53. The van der Waals surface area contributed by atoms with Crippen LogP contribution in [0.3, 0.4) is 0 Å². The van der Waals surface area contributed by atoms with Crippen LogP contribution in [-0.2, 0) is 4.79 Å². The largest absolute Gasteiger partial charge is 0.493 e. The molecule has 2 aromatic rings. The highest BCUT2D eigenvalue weighted by molar-refractivity contribution is 7.99. The van der Waals surface area contributed by atoms with Crippen LogP contribution in [0.1, 0.15) is 15.9 Å². The molecule has 2 aromatic carbocycles. The summed E-state index contributed by atoms with van der Waals surface area (Å²) in [5.41, 5.74) is 6.61. The second-order valence-electron chi connectivity index (χ2n) is 5.66. The number of primary amides is 1. The number of aryl methyl sites for hydroxylation is 1. The van der Waals surface area contributed by atoms with E-state index in [0.717, 1.165) is 10.6 Å². The Hall–Kier alpha value is -2.38. The number of thioether (sulfide) groups is 1. The molecule has 144 valence electrons. The average molecular weight is 409 g/mol. The Bertz CT molecular complexity index is 812. The Labute approximate surface area is 167 Å². The van der Waals surface area contributed by atoms with E-state index in [1.807, 2.05) is 6.92 Å². The van der Waals surface area contributed by atoms with Crippen molar-refractivity contribution in [2.75, 3.05) is 26.0 Å². The predicted octanol–water partition coefficient (Wildman–Crippen LogP) is 3.04. The van der Waals surface area contributed by atoms with Crippen LogP contribution in [0, 0.1) is 6.92 Å². The summed E-state index contributed by atoms with van der Waals surface area (Å²) in [5.74, 6) is 0.244. The van der Waals surface area contributed by atoms with E-state index in [1.165, 1.54) is 24.8 Å². The van der Waals surface area contributed by atoms with Crippen LogP contribution in [0.2, 0.25) is 5.02 Å². The van der Waals surface area contributed by atoms with Gasteiger partial charge >= 0.3 is 0 Å². The van der Waals surface area contributed by atoms with Crippen molar-refractivity contribution in [3.05, 3.63) is 52.5 Å². The summed E-state index contributed by atoms with van der Waals surface area (Å²) < 4.78 is 10.4. The molecule has 0 aliphatic carbocycles. The lowest BCUT2D eigenvalue weighted by molar-refractivity contribution is -0.119. The van der Waals surface area contributed by atoms with E-state index in [9.17, 15) is 9.59 Å². The molecule has 2 amide bonds. The van der Waals surface area contributed by atoms with Crippen molar-refractivity contribution in [1.29, 1.82) is 0 Å². The number of nitrogens with two attached hydrogens (primary N) is 1. The highest BCUT2D eigenvalue weighted by Gasteiger charge is 2.16. The molecule has 0 unspecified atom stereocenters. The van der Waals surface area contributed by atoms with E-state index >= 15 is 0 Å². The van der Waals surface area contributed by atoms with Crippen molar-refractivity contribution in [1.82, 2.24) is 5.32 Å². The normalized spacial score (nSPS) is 10.3. The maximum Gasteiger partial charge on any atom is 0.255 e. The summed E-state index contributed by atoms with van der Waals surface area (Å²) in [6.45, 7) is 2.20. The minimum Gasteiger partial charge on any atom is -0.493 e. The van der Waals surface area contributed by atoms with Crippen LogP contribution < -0.4 is 20.5 Å². The Balaban J connectivity index is 1.94. The van der Waals surface area contributed by atoms with E-state index in [2.05, 4.69) is 29.6 Å². The zero-order chi connectivity index (χ0) is 19.8. The third-order valence-corrected chi connectivity index (χ3v) is 4.82. The molecule has 0 saturated carbocycles. The van der Waals surface area contributed by atoms with Crippen molar-refractivity contribution in [2.24, 2.45) is 5.73 Å². The molecule has 2 rings (SSSR count). The highest BCUT2D eigenvalue weighted by Crippen LogP contribution is 2.36. The first-order valence-corrected chi connectivity index (χ1v) is 9.53. The first-order chi connectivity index (χ1) is 12.9. The van der Waals surface area contributed by atoms with Crippen LogP contribution >= 0.6 is 23.4 Å². The van der Waals surface area contributed by atoms with Crippen LogP contribution in [-0.4, -0.2) is 37.8 Å². The smallest absolute Gasteiger partial charge is 0.255 e. The molecule has 0 aliphatic rings. The lowest BCUT2D eigenvalue weighted by atomic mass is 10.2. The molecule has 0 atom stereocenters. The van der Waals surface area contributed by atoms with Gasteiger partial charge in [0.1, 0.15) is 0 Å². The van der Waals surface area contributed by atoms with Gasteiger partial charge in [0.05, 0.1) is 12.1 Å². The summed E-state index contributed by atoms with van der Waals surface area (Å²) in [6.07, 6.45) is 0. The van der Waals surface area contributed by atoms with E-state index in [-0.39, 0.29) is 29.0 Å². The molecule has 8 heteroatoms. The van der Waals surface area contributed by atoms with Crippen molar-refractivity contribution in [3.63, 3.8) is 0 Å². The molecule has 0 saturated heterocycles. The lowest BCUT2D eigenvalue weighted by Gasteiger charge is -2.13. The van der Waals surface area contributed by atoms with Gasteiger partial charge in [-0.2, -0.15) is 0 Å². The zero-order valence-corrected chi connectivity index (χ0v) is 16.7. The van der Waals surface area contributed by atoms with Gasteiger partial charge in [0.25, 0.3) is 11.8 Å². The number of amides is 2. The fourth-order valence-electron chi connectivity index (χ4n) is 2.20. The number of carbonyl (C=O) groups is 2. The molecule has 0 heterocycles. The number of carbonyl (C=O) groups excluding carboxylic acids is 2. The number of halogens is 1. The molecule has 27 heavy (non-hydrogen) atoms. The van der Waals surface area contributed by atoms with Crippen molar-refractivity contribution >= 4 is 35.2 Å². The minimum absolute atomic E-state index is 0.162.